The van der Waals surface area contributed by atoms with Crippen molar-refractivity contribution in [1.29, 1.82) is 0 Å². The van der Waals surface area contributed by atoms with E-state index >= 15 is 0 Å². The molecular weight excluding hydrogens is 332 g/mol. The number of carbonyl (C=O) groups excluding carboxylic acids is 2. The molecule has 0 aliphatic rings. The summed E-state index contributed by atoms with van der Waals surface area (Å²) in [5, 5.41) is 8.58. The van der Waals surface area contributed by atoms with E-state index in [1.165, 1.54) is 13.1 Å². The number of anilines is 3. The van der Waals surface area contributed by atoms with Crippen LogP contribution in [0.25, 0.3) is 0 Å². The predicted octanol–water partition coefficient (Wildman–Crippen LogP) is 1.86. The molecule has 0 atom stereocenters. The lowest BCUT2D eigenvalue weighted by molar-refractivity contribution is -0.114. The fourth-order valence-corrected chi connectivity index (χ4v) is 2.20. The van der Waals surface area contributed by atoms with Crippen LogP contribution >= 0.6 is 0 Å². The van der Waals surface area contributed by atoms with Gasteiger partial charge in [-0.3, -0.25) is 9.59 Å². The van der Waals surface area contributed by atoms with E-state index in [0.29, 0.717) is 23.9 Å². The smallest absolute Gasteiger partial charge is 0.270 e. The quantitative estimate of drug-likeness (QED) is 0.625. The molecule has 0 bridgehead atoms. The van der Waals surface area contributed by atoms with Crippen LogP contribution in [-0.2, 0) is 4.79 Å². The molecule has 0 saturated carbocycles. The highest BCUT2D eigenvalue weighted by Crippen LogP contribution is 2.16. The summed E-state index contributed by atoms with van der Waals surface area (Å²) in [6.45, 7) is 2.96. The van der Waals surface area contributed by atoms with Crippen LogP contribution in [0.1, 0.15) is 23.8 Å². The molecule has 0 unspecified atom stereocenters. The van der Waals surface area contributed by atoms with Crippen molar-refractivity contribution in [2.45, 2.75) is 13.3 Å². The number of amides is 2. The van der Waals surface area contributed by atoms with Gasteiger partial charge in [0.05, 0.1) is 0 Å². The van der Waals surface area contributed by atoms with E-state index in [1.807, 2.05) is 14.1 Å². The Bertz CT molecular complexity index is 746. The van der Waals surface area contributed by atoms with Gasteiger partial charge in [-0.05, 0) is 57.4 Å². The number of hydrogen-bond donors (Lipinski definition) is 3. The van der Waals surface area contributed by atoms with Crippen molar-refractivity contribution in [2.24, 2.45) is 0 Å². The molecule has 8 heteroatoms. The van der Waals surface area contributed by atoms with Crippen molar-refractivity contribution in [3.63, 3.8) is 0 Å². The molecule has 2 rings (SSSR count). The fourth-order valence-electron chi connectivity index (χ4n) is 2.20. The zero-order chi connectivity index (χ0) is 18.9. The normalized spacial score (nSPS) is 10.5. The maximum Gasteiger partial charge on any atom is 0.270 e. The first-order chi connectivity index (χ1) is 12.4. The number of rotatable bonds is 8. The zero-order valence-corrected chi connectivity index (χ0v) is 15.2. The molecule has 26 heavy (non-hydrogen) atoms. The maximum absolute atomic E-state index is 12.2. The topological polar surface area (TPSA) is 99.2 Å². The second-order valence-electron chi connectivity index (χ2n) is 6.06. The van der Waals surface area contributed by atoms with Crippen LogP contribution in [0, 0.1) is 0 Å². The van der Waals surface area contributed by atoms with Crippen LogP contribution in [0.5, 0.6) is 0 Å². The minimum atomic E-state index is -0.227. The summed E-state index contributed by atoms with van der Waals surface area (Å²) in [7, 11) is 3.99. The molecule has 2 amide bonds. The lowest BCUT2D eigenvalue weighted by atomic mass is 10.3. The van der Waals surface area contributed by atoms with E-state index in [-0.39, 0.29) is 11.8 Å². The van der Waals surface area contributed by atoms with Gasteiger partial charge in [-0.25, -0.2) is 9.97 Å². The van der Waals surface area contributed by atoms with Gasteiger partial charge in [-0.15, -0.1) is 0 Å². The molecule has 3 N–H and O–H groups in total. The average molecular weight is 356 g/mol. The molecule has 0 aliphatic carbocycles. The van der Waals surface area contributed by atoms with Crippen molar-refractivity contribution in [2.75, 3.05) is 37.8 Å². The Morgan fingerprint density at radius 1 is 1.08 bits per heavy atom. The monoisotopic (exact) mass is 356 g/mol. The van der Waals surface area contributed by atoms with Crippen molar-refractivity contribution < 1.29 is 9.59 Å². The van der Waals surface area contributed by atoms with Crippen LogP contribution in [-0.4, -0.2) is 53.9 Å². The largest absolute Gasteiger partial charge is 0.351 e. The first-order valence-electron chi connectivity index (χ1n) is 8.34. The van der Waals surface area contributed by atoms with Crippen molar-refractivity contribution in [3.8, 4) is 0 Å². The van der Waals surface area contributed by atoms with Crippen LogP contribution in [0.15, 0.2) is 36.5 Å². The summed E-state index contributed by atoms with van der Waals surface area (Å²) < 4.78 is 0. The Labute approximate surface area is 153 Å². The van der Waals surface area contributed by atoms with Crippen LogP contribution in [0.2, 0.25) is 0 Å². The first-order valence-corrected chi connectivity index (χ1v) is 8.34. The molecule has 1 aromatic heterocycles. The molecule has 138 valence electrons. The third-order valence-electron chi connectivity index (χ3n) is 3.42. The lowest BCUT2D eigenvalue weighted by Gasteiger charge is -2.10. The number of nitrogens with zero attached hydrogens (tertiary/aromatic N) is 3. The second kappa shape index (κ2) is 9.47. The lowest BCUT2D eigenvalue weighted by Crippen LogP contribution is -2.28. The molecule has 8 nitrogen and oxygen atoms in total. The summed E-state index contributed by atoms with van der Waals surface area (Å²) in [5.74, 6) is -0.0215. The average Bonchev–Trinajstić information content (AvgIpc) is 2.60. The predicted molar refractivity (Wildman–Crippen MR) is 102 cm³/mol. The number of nitrogens with one attached hydrogen (secondary N) is 3. The Kier molecular flexibility index (Phi) is 7.04. The molecule has 2 aromatic rings. The maximum atomic E-state index is 12.2. The molecule has 0 aliphatic heterocycles. The zero-order valence-electron chi connectivity index (χ0n) is 15.2. The summed E-state index contributed by atoms with van der Waals surface area (Å²) in [6, 6.07) is 8.70. The van der Waals surface area contributed by atoms with Gasteiger partial charge in [-0.2, -0.15) is 0 Å². The van der Waals surface area contributed by atoms with E-state index in [4.69, 9.17) is 0 Å². The van der Waals surface area contributed by atoms with Crippen LogP contribution in [0.3, 0.4) is 0 Å². The van der Waals surface area contributed by atoms with Gasteiger partial charge in [-0.1, -0.05) is 0 Å². The Morgan fingerprint density at radius 3 is 2.42 bits per heavy atom. The summed E-state index contributed by atoms with van der Waals surface area (Å²) in [4.78, 5) is 33.6. The van der Waals surface area contributed by atoms with Crippen molar-refractivity contribution in [3.05, 3.63) is 42.2 Å². The van der Waals surface area contributed by atoms with E-state index < -0.39 is 0 Å². The van der Waals surface area contributed by atoms with Gasteiger partial charge in [0.25, 0.3) is 5.91 Å². The number of benzene rings is 1. The molecule has 1 aromatic carbocycles. The minimum absolute atomic E-state index is 0.127. The van der Waals surface area contributed by atoms with E-state index in [9.17, 15) is 9.59 Å². The van der Waals surface area contributed by atoms with Gasteiger partial charge in [0.1, 0.15) is 5.69 Å². The van der Waals surface area contributed by atoms with E-state index in [1.54, 1.807) is 30.3 Å². The van der Waals surface area contributed by atoms with Gasteiger partial charge >= 0.3 is 0 Å². The summed E-state index contributed by atoms with van der Waals surface area (Å²) in [5.41, 5.74) is 1.76. The third kappa shape index (κ3) is 6.48. The third-order valence-corrected chi connectivity index (χ3v) is 3.42. The van der Waals surface area contributed by atoms with Crippen LogP contribution < -0.4 is 16.0 Å². The van der Waals surface area contributed by atoms with E-state index in [0.717, 1.165) is 18.7 Å². The highest BCUT2D eigenvalue weighted by Gasteiger charge is 2.08. The van der Waals surface area contributed by atoms with Gasteiger partial charge in [0.15, 0.2) is 0 Å². The molecule has 1 heterocycles. The number of carbonyl (C=O) groups is 2. The van der Waals surface area contributed by atoms with Crippen molar-refractivity contribution >= 4 is 29.1 Å². The number of aromatic nitrogens is 2. The second-order valence-corrected chi connectivity index (χ2v) is 6.06. The standard InChI is InChI=1S/C18H24N6O2/c1-13(25)21-14-5-7-15(8-6-14)22-18-20-11-9-16(23-18)17(26)19-10-4-12-24(2)3/h5-9,11H,4,10,12H2,1-3H3,(H,19,26)(H,21,25)(H,20,22,23). The Hall–Kier alpha value is -3.00. The van der Waals surface area contributed by atoms with E-state index in [2.05, 4.69) is 30.8 Å². The van der Waals surface area contributed by atoms with Crippen molar-refractivity contribution in [1.82, 2.24) is 20.2 Å². The Morgan fingerprint density at radius 2 is 1.77 bits per heavy atom. The van der Waals surface area contributed by atoms with Gasteiger partial charge in [0.2, 0.25) is 11.9 Å². The molecule has 0 radical (unpaired) electrons. The Balaban J connectivity index is 1.93. The van der Waals surface area contributed by atoms with Gasteiger partial charge < -0.3 is 20.9 Å². The number of hydrogen-bond acceptors (Lipinski definition) is 6. The SMILES string of the molecule is CC(=O)Nc1ccc(Nc2nccc(C(=O)NCCCN(C)C)n2)cc1. The summed E-state index contributed by atoms with van der Waals surface area (Å²) in [6.07, 6.45) is 2.41. The molecule has 0 fully saturated rings. The fraction of sp³-hybridized carbons (Fsp3) is 0.333. The molecule has 0 saturated heterocycles. The van der Waals surface area contributed by atoms with Gasteiger partial charge in [0, 0.05) is 31.0 Å². The molecule has 0 spiro atoms. The minimum Gasteiger partial charge on any atom is -0.351 e. The highest BCUT2D eigenvalue weighted by atomic mass is 16.2. The van der Waals surface area contributed by atoms with Crippen LogP contribution in [0.4, 0.5) is 17.3 Å². The molecular formula is C18H24N6O2. The summed E-state index contributed by atoms with van der Waals surface area (Å²) >= 11 is 0. The first kappa shape index (κ1) is 19.3. The highest BCUT2D eigenvalue weighted by molar-refractivity contribution is 5.92.